The van der Waals surface area contributed by atoms with E-state index in [1.54, 1.807) is 0 Å². The van der Waals surface area contributed by atoms with Gasteiger partial charge >= 0.3 is 0 Å². The molecule has 1 aliphatic rings. The van der Waals surface area contributed by atoms with E-state index in [0.29, 0.717) is 12.0 Å². The van der Waals surface area contributed by atoms with Gasteiger partial charge in [-0.25, -0.2) is 0 Å². The standard InChI is InChI=1S/C18H29NO/c1-6-19-16-11-12(2)10-14(4)18(16)20-17-9-7-8-13(3)15(17)5/h7-9,12,14,16,18-19H,6,10-11H2,1-5H3. The summed E-state index contributed by atoms with van der Waals surface area (Å²) in [5.74, 6) is 2.44. The summed E-state index contributed by atoms with van der Waals surface area (Å²) < 4.78 is 6.43. The second kappa shape index (κ2) is 6.62. The van der Waals surface area contributed by atoms with E-state index in [1.807, 2.05) is 0 Å². The monoisotopic (exact) mass is 275 g/mol. The molecule has 0 bridgehead atoms. The predicted molar refractivity (Wildman–Crippen MR) is 85.4 cm³/mol. The normalized spacial score (nSPS) is 30.2. The molecule has 0 aromatic heterocycles. The van der Waals surface area contributed by atoms with E-state index in [-0.39, 0.29) is 6.10 Å². The van der Waals surface area contributed by atoms with Crippen LogP contribution < -0.4 is 10.1 Å². The summed E-state index contributed by atoms with van der Waals surface area (Å²) in [5, 5.41) is 3.62. The molecule has 2 nitrogen and oxygen atoms in total. The van der Waals surface area contributed by atoms with Gasteiger partial charge in [0, 0.05) is 6.04 Å². The van der Waals surface area contributed by atoms with E-state index >= 15 is 0 Å². The van der Waals surface area contributed by atoms with E-state index in [1.165, 1.54) is 24.0 Å². The largest absolute Gasteiger partial charge is 0.488 e. The van der Waals surface area contributed by atoms with Gasteiger partial charge in [-0.2, -0.15) is 0 Å². The van der Waals surface area contributed by atoms with Crippen molar-refractivity contribution in [2.24, 2.45) is 11.8 Å². The highest BCUT2D eigenvalue weighted by molar-refractivity contribution is 5.38. The Labute approximate surface area is 123 Å². The van der Waals surface area contributed by atoms with Crippen LogP contribution in [0.25, 0.3) is 0 Å². The molecule has 1 aliphatic carbocycles. The molecule has 2 heteroatoms. The quantitative estimate of drug-likeness (QED) is 0.893. The number of hydrogen-bond donors (Lipinski definition) is 1. The van der Waals surface area contributed by atoms with Crippen molar-refractivity contribution in [3.63, 3.8) is 0 Å². The number of ether oxygens (including phenoxy) is 1. The molecule has 0 saturated heterocycles. The van der Waals surface area contributed by atoms with Crippen molar-refractivity contribution >= 4 is 0 Å². The second-order valence-electron chi connectivity index (χ2n) is 6.50. The van der Waals surface area contributed by atoms with Crippen LogP contribution in [-0.4, -0.2) is 18.7 Å². The predicted octanol–water partition coefficient (Wildman–Crippen LogP) is 4.09. The van der Waals surface area contributed by atoms with Crippen LogP contribution in [0.4, 0.5) is 0 Å². The van der Waals surface area contributed by atoms with Crippen molar-refractivity contribution in [3.8, 4) is 5.75 Å². The van der Waals surface area contributed by atoms with Crippen LogP contribution in [0.1, 0.15) is 44.7 Å². The van der Waals surface area contributed by atoms with Gasteiger partial charge in [0.15, 0.2) is 0 Å². The molecule has 2 rings (SSSR count). The Kier molecular flexibility index (Phi) is 5.09. The lowest BCUT2D eigenvalue weighted by Crippen LogP contribution is -2.50. The van der Waals surface area contributed by atoms with Gasteiger partial charge in [0.25, 0.3) is 0 Å². The van der Waals surface area contributed by atoms with Crippen molar-refractivity contribution in [2.75, 3.05) is 6.54 Å². The summed E-state index contributed by atoms with van der Waals surface area (Å²) in [5.41, 5.74) is 2.58. The fraction of sp³-hybridized carbons (Fsp3) is 0.667. The van der Waals surface area contributed by atoms with Gasteiger partial charge in [-0.1, -0.05) is 32.9 Å². The van der Waals surface area contributed by atoms with Crippen LogP contribution in [-0.2, 0) is 0 Å². The Balaban J connectivity index is 2.17. The molecule has 4 unspecified atom stereocenters. The molecule has 1 N–H and O–H groups in total. The summed E-state index contributed by atoms with van der Waals surface area (Å²) in [7, 11) is 0. The zero-order valence-corrected chi connectivity index (χ0v) is 13.6. The highest BCUT2D eigenvalue weighted by Crippen LogP contribution is 2.33. The zero-order valence-electron chi connectivity index (χ0n) is 13.6. The first-order chi connectivity index (χ1) is 9.52. The Hall–Kier alpha value is -1.02. The molecule has 0 heterocycles. The Bertz CT molecular complexity index is 443. The van der Waals surface area contributed by atoms with Gasteiger partial charge in [-0.05, 0) is 62.3 Å². The van der Waals surface area contributed by atoms with Gasteiger partial charge < -0.3 is 10.1 Å². The molecule has 1 aromatic carbocycles. The number of rotatable bonds is 4. The number of likely N-dealkylation sites (N-methyl/N-ethyl adjacent to an activating group) is 1. The first-order valence-corrected chi connectivity index (χ1v) is 7.99. The van der Waals surface area contributed by atoms with E-state index in [0.717, 1.165) is 18.2 Å². The van der Waals surface area contributed by atoms with Gasteiger partial charge in [0.2, 0.25) is 0 Å². The molecule has 0 aliphatic heterocycles. The third-order valence-electron chi connectivity index (χ3n) is 4.67. The highest BCUT2D eigenvalue weighted by Gasteiger charge is 2.35. The van der Waals surface area contributed by atoms with Gasteiger partial charge in [-0.15, -0.1) is 0 Å². The molecule has 1 aromatic rings. The van der Waals surface area contributed by atoms with Crippen LogP contribution >= 0.6 is 0 Å². The van der Waals surface area contributed by atoms with Crippen LogP contribution in [0.3, 0.4) is 0 Å². The molecule has 4 atom stereocenters. The van der Waals surface area contributed by atoms with Gasteiger partial charge in [-0.3, -0.25) is 0 Å². The number of aryl methyl sites for hydroxylation is 1. The molecule has 0 radical (unpaired) electrons. The summed E-state index contributed by atoms with van der Waals surface area (Å²) in [6.45, 7) is 12.2. The van der Waals surface area contributed by atoms with E-state index in [2.05, 4.69) is 58.1 Å². The van der Waals surface area contributed by atoms with E-state index < -0.39 is 0 Å². The SMILES string of the molecule is CCNC1CC(C)CC(C)C1Oc1cccc(C)c1C. The second-order valence-corrected chi connectivity index (χ2v) is 6.50. The summed E-state index contributed by atoms with van der Waals surface area (Å²) in [4.78, 5) is 0. The van der Waals surface area contributed by atoms with Gasteiger partial charge in [0.05, 0.1) is 0 Å². The van der Waals surface area contributed by atoms with Gasteiger partial charge in [0.1, 0.15) is 11.9 Å². The maximum Gasteiger partial charge on any atom is 0.122 e. The van der Waals surface area contributed by atoms with Crippen molar-refractivity contribution in [2.45, 2.75) is 59.6 Å². The van der Waals surface area contributed by atoms with E-state index in [9.17, 15) is 0 Å². The maximum atomic E-state index is 6.43. The molecule has 1 fully saturated rings. The average Bonchev–Trinajstić information content (AvgIpc) is 2.38. The van der Waals surface area contributed by atoms with Crippen molar-refractivity contribution in [1.29, 1.82) is 0 Å². The lowest BCUT2D eigenvalue weighted by atomic mass is 9.78. The van der Waals surface area contributed by atoms with Crippen LogP contribution in [0, 0.1) is 25.7 Å². The average molecular weight is 275 g/mol. The first-order valence-electron chi connectivity index (χ1n) is 7.99. The van der Waals surface area contributed by atoms with Crippen molar-refractivity contribution < 1.29 is 4.74 Å². The lowest BCUT2D eigenvalue weighted by molar-refractivity contribution is 0.0478. The Morgan fingerprint density at radius 2 is 1.95 bits per heavy atom. The molecule has 20 heavy (non-hydrogen) atoms. The zero-order chi connectivity index (χ0) is 14.7. The molecule has 0 amide bonds. The fourth-order valence-electron chi connectivity index (χ4n) is 3.49. The van der Waals surface area contributed by atoms with Crippen molar-refractivity contribution in [1.82, 2.24) is 5.32 Å². The minimum atomic E-state index is 0.284. The smallest absolute Gasteiger partial charge is 0.122 e. The summed E-state index contributed by atoms with van der Waals surface area (Å²) in [6.07, 6.45) is 2.76. The van der Waals surface area contributed by atoms with Crippen LogP contribution in [0.15, 0.2) is 18.2 Å². The lowest BCUT2D eigenvalue weighted by Gasteiger charge is -2.40. The molecule has 112 valence electrons. The molecular formula is C18H29NO. The van der Waals surface area contributed by atoms with Crippen LogP contribution in [0.5, 0.6) is 5.75 Å². The number of hydrogen-bond acceptors (Lipinski definition) is 2. The first kappa shape index (κ1) is 15.4. The number of nitrogens with one attached hydrogen (secondary N) is 1. The third-order valence-corrected chi connectivity index (χ3v) is 4.67. The van der Waals surface area contributed by atoms with Crippen molar-refractivity contribution in [3.05, 3.63) is 29.3 Å². The molecule has 1 saturated carbocycles. The van der Waals surface area contributed by atoms with Crippen LogP contribution in [0.2, 0.25) is 0 Å². The number of benzene rings is 1. The molecular weight excluding hydrogens is 246 g/mol. The third kappa shape index (κ3) is 3.35. The molecule has 0 spiro atoms. The van der Waals surface area contributed by atoms with E-state index in [4.69, 9.17) is 4.74 Å². The maximum absolute atomic E-state index is 6.43. The topological polar surface area (TPSA) is 21.3 Å². The fourth-order valence-corrected chi connectivity index (χ4v) is 3.49. The minimum Gasteiger partial charge on any atom is -0.488 e. The summed E-state index contributed by atoms with van der Waals surface area (Å²) >= 11 is 0. The summed E-state index contributed by atoms with van der Waals surface area (Å²) in [6, 6.07) is 6.82. The Morgan fingerprint density at radius 1 is 1.20 bits per heavy atom. The minimum absolute atomic E-state index is 0.284. The Morgan fingerprint density at radius 3 is 2.65 bits per heavy atom. The highest BCUT2D eigenvalue weighted by atomic mass is 16.5.